The number of carbonyl (C=O) groups is 2. The number of carbonyl (C=O) groups excluding carboxylic acids is 2. The normalized spacial score (nSPS) is 11.8. The summed E-state index contributed by atoms with van der Waals surface area (Å²) in [5.74, 6) is -1.09. The number of fused-ring (bicyclic) bond motifs is 1. The van der Waals surface area contributed by atoms with Gasteiger partial charge in [-0.15, -0.1) is 11.3 Å². The maximum atomic E-state index is 13.5. The molecule has 2 N–H and O–H groups in total. The summed E-state index contributed by atoms with van der Waals surface area (Å²) in [4.78, 5) is 44.7. The van der Waals surface area contributed by atoms with Crippen molar-refractivity contribution in [3.63, 3.8) is 0 Å². The Labute approximate surface area is 192 Å². The number of hydrogen-bond acceptors (Lipinski definition) is 6. The van der Waals surface area contributed by atoms with E-state index in [1.165, 1.54) is 36.7 Å². The average Bonchev–Trinajstić information content (AvgIpc) is 3.24. The summed E-state index contributed by atoms with van der Waals surface area (Å²) in [6.45, 7) is 3.10. The second-order valence-corrected chi connectivity index (χ2v) is 8.33. The van der Waals surface area contributed by atoms with Crippen LogP contribution in [0.2, 0.25) is 0 Å². The van der Waals surface area contributed by atoms with Crippen molar-refractivity contribution in [1.82, 2.24) is 19.9 Å². The molecule has 8 nitrogen and oxygen atoms in total. The Morgan fingerprint density at radius 1 is 1.18 bits per heavy atom. The van der Waals surface area contributed by atoms with Crippen molar-refractivity contribution in [2.45, 2.75) is 26.4 Å². The van der Waals surface area contributed by atoms with E-state index in [4.69, 9.17) is 0 Å². The van der Waals surface area contributed by atoms with E-state index in [-0.39, 0.29) is 23.9 Å². The fourth-order valence-corrected chi connectivity index (χ4v) is 4.09. The van der Waals surface area contributed by atoms with Crippen LogP contribution >= 0.6 is 11.3 Å². The molecule has 0 aliphatic rings. The number of anilines is 1. The van der Waals surface area contributed by atoms with Crippen LogP contribution in [-0.2, 0) is 16.1 Å². The number of amides is 2. The molecule has 10 heteroatoms. The number of halogens is 1. The highest BCUT2D eigenvalue weighted by molar-refractivity contribution is 7.14. The molecule has 4 rings (SSSR count). The lowest BCUT2D eigenvalue weighted by Gasteiger charge is -2.13. The summed E-state index contributed by atoms with van der Waals surface area (Å²) in [6, 6.07) is 11.3. The molecule has 2 aromatic heterocycles. The van der Waals surface area contributed by atoms with Crippen LogP contribution in [0.25, 0.3) is 22.2 Å². The van der Waals surface area contributed by atoms with Crippen LogP contribution in [0.3, 0.4) is 0 Å². The predicted octanol–water partition coefficient (Wildman–Crippen LogP) is 3.49. The molecule has 0 aliphatic carbocycles. The van der Waals surface area contributed by atoms with Gasteiger partial charge in [0.2, 0.25) is 11.8 Å². The Hall–Kier alpha value is -3.92. The minimum absolute atomic E-state index is 0.0969. The van der Waals surface area contributed by atoms with E-state index in [1.54, 1.807) is 0 Å². The molecule has 0 aliphatic heterocycles. The predicted molar refractivity (Wildman–Crippen MR) is 124 cm³/mol. The molecule has 0 saturated carbocycles. The zero-order valence-corrected chi connectivity index (χ0v) is 18.6. The molecule has 0 unspecified atom stereocenters. The topological polar surface area (TPSA) is 106 Å². The molecule has 4 aromatic rings. The van der Waals surface area contributed by atoms with E-state index in [2.05, 4.69) is 20.6 Å². The molecular formula is C23H20FN5O3S. The second kappa shape index (κ2) is 9.29. The van der Waals surface area contributed by atoms with Crippen LogP contribution < -0.4 is 16.2 Å². The Balaban J connectivity index is 1.44. The summed E-state index contributed by atoms with van der Waals surface area (Å²) in [5, 5.41) is 7.82. The Morgan fingerprint density at radius 3 is 2.67 bits per heavy atom. The summed E-state index contributed by atoms with van der Waals surface area (Å²) >= 11 is 1.26. The SMILES string of the molecule is CC(=O)N[C@H](C)c1ccc(-c2csc(NC(=O)Cn3cnc4ccc(F)cc4c3=O)n2)cc1. The number of thiazole rings is 1. The summed E-state index contributed by atoms with van der Waals surface area (Å²) in [5.41, 5.74) is 2.38. The van der Waals surface area contributed by atoms with Gasteiger partial charge in [0, 0.05) is 17.9 Å². The third-order valence-electron chi connectivity index (χ3n) is 4.98. The molecule has 1 atom stereocenters. The number of nitrogens with one attached hydrogen (secondary N) is 2. The van der Waals surface area contributed by atoms with Gasteiger partial charge in [-0.1, -0.05) is 24.3 Å². The fourth-order valence-electron chi connectivity index (χ4n) is 3.35. The Bertz CT molecular complexity index is 1400. The summed E-state index contributed by atoms with van der Waals surface area (Å²) in [7, 11) is 0. The molecule has 0 radical (unpaired) electrons. The van der Waals surface area contributed by atoms with E-state index in [1.807, 2.05) is 36.6 Å². The van der Waals surface area contributed by atoms with Crippen LogP contribution in [-0.4, -0.2) is 26.3 Å². The minimum Gasteiger partial charge on any atom is -0.350 e. The van der Waals surface area contributed by atoms with Gasteiger partial charge >= 0.3 is 0 Å². The average molecular weight is 466 g/mol. The van der Waals surface area contributed by atoms with Crippen molar-refractivity contribution in [2.24, 2.45) is 0 Å². The standard InChI is InChI=1S/C23H20FN5O3S/c1-13(26-14(2)30)15-3-5-16(6-4-15)20-11-33-23(27-20)28-21(31)10-29-12-25-19-8-7-17(24)9-18(19)22(29)32/h3-9,11-13H,10H2,1-2H3,(H,26,30)(H,27,28,31)/t13-/m1/s1. The molecule has 0 bridgehead atoms. The van der Waals surface area contributed by atoms with Crippen molar-refractivity contribution in [2.75, 3.05) is 5.32 Å². The summed E-state index contributed by atoms with van der Waals surface area (Å²) in [6.07, 6.45) is 1.26. The Kier molecular flexibility index (Phi) is 6.27. The van der Waals surface area contributed by atoms with Gasteiger partial charge in [0.1, 0.15) is 12.4 Å². The molecular weight excluding hydrogens is 445 g/mol. The monoisotopic (exact) mass is 465 g/mol. The molecule has 2 amide bonds. The summed E-state index contributed by atoms with van der Waals surface area (Å²) < 4.78 is 14.6. The highest BCUT2D eigenvalue weighted by atomic mass is 32.1. The maximum absolute atomic E-state index is 13.5. The molecule has 0 spiro atoms. The third-order valence-corrected chi connectivity index (χ3v) is 5.73. The largest absolute Gasteiger partial charge is 0.350 e. The highest BCUT2D eigenvalue weighted by Crippen LogP contribution is 2.26. The van der Waals surface area contributed by atoms with Gasteiger partial charge in [-0.05, 0) is 30.7 Å². The molecule has 33 heavy (non-hydrogen) atoms. The van der Waals surface area contributed by atoms with Gasteiger partial charge in [-0.3, -0.25) is 19.0 Å². The van der Waals surface area contributed by atoms with Gasteiger partial charge in [0.05, 0.1) is 29.0 Å². The van der Waals surface area contributed by atoms with Crippen LogP contribution in [0, 0.1) is 5.82 Å². The molecule has 0 saturated heterocycles. The molecule has 2 aromatic carbocycles. The van der Waals surface area contributed by atoms with E-state index >= 15 is 0 Å². The smallest absolute Gasteiger partial charge is 0.261 e. The van der Waals surface area contributed by atoms with Crippen molar-refractivity contribution in [3.8, 4) is 11.3 Å². The fraction of sp³-hybridized carbons (Fsp3) is 0.174. The first-order chi connectivity index (χ1) is 15.8. The van der Waals surface area contributed by atoms with Crippen LogP contribution in [0.1, 0.15) is 25.5 Å². The van der Waals surface area contributed by atoms with Crippen molar-refractivity contribution < 1.29 is 14.0 Å². The van der Waals surface area contributed by atoms with Crippen molar-refractivity contribution in [3.05, 3.63) is 75.9 Å². The number of hydrogen-bond donors (Lipinski definition) is 2. The highest BCUT2D eigenvalue weighted by Gasteiger charge is 2.12. The first-order valence-electron chi connectivity index (χ1n) is 10.1. The quantitative estimate of drug-likeness (QED) is 0.453. The lowest BCUT2D eigenvalue weighted by molar-refractivity contribution is -0.119. The van der Waals surface area contributed by atoms with Gasteiger partial charge in [0.15, 0.2) is 5.13 Å². The van der Waals surface area contributed by atoms with Gasteiger partial charge in [-0.25, -0.2) is 14.4 Å². The molecule has 0 fully saturated rings. The zero-order valence-electron chi connectivity index (χ0n) is 17.8. The van der Waals surface area contributed by atoms with E-state index in [0.717, 1.165) is 21.8 Å². The third kappa shape index (κ3) is 5.12. The van der Waals surface area contributed by atoms with Gasteiger partial charge in [0.25, 0.3) is 5.56 Å². The van der Waals surface area contributed by atoms with E-state index in [9.17, 15) is 18.8 Å². The van der Waals surface area contributed by atoms with Crippen LogP contribution in [0.15, 0.2) is 59.0 Å². The first kappa shape index (κ1) is 22.3. The maximum Gasteiger partial charge on any atom is 0.261 e. The van der Waals surface area contributed by atoms with E-state index in [0.29, 0.717) is 16.3 Å². The lowest BCUT2D eigenvalue weighted by Crippen LogP contribution is -2.27. The zero-order chi connectivity index (χ0) is 23.5. The number of aromatic nitrogens is 3. The van der Waals surface area contributed by atoms with Crippen LogP contribution in [0.5, 0.6) is 0 Å². The number of rotatable bonds is 6. The van der Waals surface area contributed by atoms with Crippen molar-refractivity contribution >= 4 is 39.2 Å². The minimum atomic E-state index is -0.545. The first-order valence-corrected chi connectivity index (χ1v) is 11.0. The van der Waals surface area contributed by atoms with Crippen molar-refractivity contribution in [1.29, 1.82) is 0 Å². The lowest BCUT2D eigenvalue weighted by atomic mass is 10.1. The molecule has 168 valence electrons. The van der Waals surface area contributed by atoms with Crippen LogP contribution in [0.4, 0.5) is 9.52 Å². The molecule has 2 heterocycles. The number of benzene rings is 2. The van der Waals surface area contributed by atoms with Gasteiger partial charge in [-0.2, -0.15) is 0 Å². The number of nitrogens with zero attached hydrogens (tertiary/aromatic N) is 3. The Morgan fingerprint density at radius 2 is 1.94 bits per heavy atom. The second-order valence-electron chi connectivity index (χ2n) is 7.47. The van der Waals surface area contributed by atoms with Gasteiger partial charge < -0.3 is 10.6 Å². The van der Waals surface area contributed by atoms with E-state index < -0.39 is 17.3 Å².